The number of ether oxygens (including phenoxy) is 2. The Morgan fingerprint density at radius 1 is 1.44 bits per heavy atom. The van der Waals surface area contributed by atoms with Gasteiger partial charge >= 0.3 is 0 Å². The summed E-state index contributed by atoms with van der Waals surface area (Å²) in [6.07, 6.45) is 3.02. The van der Waals surface area contributed by atoms with E-state index in [-0.39, 0.29) is 5.91 Å². The van der Waals surface area contributed by atoms with E-state index in [0.29, 0.717) is 37.6 Å². The fraction of sp³-hybridized carbons (Fsp3) is 0.455. The van der Waals surface area contributed by atoms with Gasteiger partial charge in [0.2, 0.25) is 0 Å². The van der Waals surface area contributed by atoms with Crippen LogP contribution in [0.25, 0.3) is 0 Å². The van der Waals surface area contributed by atoms with E-state index in [1.54, 1.807) is 13.2 Å². The number of nitrogens with one attached hydrogen (secondary N) is 2. The summed E-state index contributed by atoms with van der Waals surface area (Å²) in [7, 11) is 1.61. The van der Waals surface area contributed by atoms with Gasteiger partial charge in [0.05, 0.1) is 37.3 Å². The first-order valence-electron chi connectivity index (χ1n) is 5.55. The highest BCUT2D eigenvalue weighted by Crippen LogP contribution is 2.10. The van der Waals surface area contributed by atoms with E-state index in [9.17, 15) is 4.79 Å². The first kappa shape index (κ1) is 14.4. The van der Waals surface area contributed by atoms with Gasteiger partial charge in [-0.1, -0.05) is 0 Å². The third kappa shape index (κ3) is 4.66. The molecule has 7 nitrogen and oxygen atoms in total. The van der Waals surface area contributed by atoms with E-state index in [0.717, 1.165) is 0 Å². The fourth-order valence-electron chi connectivity index (χ4n) is 1.28. The highest BCUT2D eigenvalue weighted by Gasteiger charge is 2.09. The molecular weight excluding hydrogens is 236 g/mol. The summed E-state index contributed by atoms with van der Waals surface area (Å²) in [5, 5.41) is 2.72. The lowest BCUT2D eigenvalue weighted by molar-refractivity contribution is 0.0693. The Balaban J connectivity index is 2.32. The quantitative estimate of drug-likeness (QED) is 0.336. The maximum absolute atomic E-state index is 11.8. The number of nitrogens with zero attached hydrogens (tertiary/aromatic N) is 1. The number of amides is 1. The van der Waals surface area contributed by atoms with Crippen LogP contribution < -0.4 is 16.6 Å². The molecule has 1 rings (SSSR count). The number of carbonyl (C=O) groups is 1. The Hall–Kier alpha value is -1.70. The van der Waals surface area contributed by atoms with Crippen molar-refractivity contribution in [2.75, 3.05) is 38.9 Å². The number of anilines is 1. The maximum Gasteiger partial charge on any atom is 0.253 e. The Kier molecular flexibility index (Phi) is 6.70. The van der Waals surface area contributed by atoms with Crippen molar-refractivity contribution >= 4 is 11.6 Å². The van der Waals surface area contributed by atoms with Crippen LogP contribution in [0.3, 0.4) is 0 Å². The minimum atomic E-state index is -0.222. The Bertz CT molecular complexity index is 373. The first-order valence-corrected chi connectivity index (χ1v) is 5.55. The number of nitrogens with two attached hydrogens (primary N) is 1. The third-order valence-electron chi connectivity index (χ3n) is 2.18. The van der Waals surface area contributed by atoms with Gasteiger partial charge in [-0.25, -0.2) is 0 Å². The number of hydrazine groups is 1. The Labute approximate surface area is 106 Å². The Morgan fingerprint density at radius 3 is 3.00 bits per heavy atom. The number of rotatable bonds is 8. The summed E-state index contributed by atoms with van der Waals surface area (Å²) in [5.74, 6) is 5.07. The number of hydrogen-bond donors (Lipinski definition) is 3. The van der Waals surface area contributed by atoms with Crippen molar-refractivity contribution in [1.29, 1.82) is 0 Å². The van der Waals surface area contributed by atoms with E-state index in [4.69, 9.17) is 15.3 Å². The van der Waals surface area contributed by atoms with E-state index in [2.05, 4.69) is 15.7 Å². The Morgan fingerprint density at radius 2 is 2.28 bits per heavy atom. The van der Waals surface area contributed by atoms with Crippen molar-refractivity contribution in [2.45, 2.75) is 0 Å². The molecule has 0 radical (unpaired) electrons. The molecule has 0 aliphatic heterocycles. The summed E-state index contributed by atoms with van der Waals surface area (Å²) in [4.78, 5) is 15.7. The number of carbonyl (C=O) groups excluding carboxylic acids is 1. The van der Waals surface area contributed by atoms with Crippen LogP contribution in [0.15, 0.2) is 18.5 Å². The molecule has 0 bridgehead atoms. The molecule has 1 aromatic rings. The highest BCUT2D eigenvalue weighted by molar-refractivity contribution is 5.99. The van der Waals surface area contributed by atoms with Gasteiger partial charge in [-0.2, -0.15) is 0 Å². The van der Waals surface area contributed by atoms with Crippen molar-refractivity contribution < 1.29 is 14.3 Å². The first-order chi connectivity index (χ1) is 8.79. The van der Waals surface area contributed by atoms with Gasteiger partial charge in [0.25, 0.3) is 5.91 Å². The number of methoxy groups -OCH3 is 1. The lowest BCUT2D eigenvalue weighted by Crippen LogP contribution is -2.28. The van der Waals surface area contributed by atoms with Gasteiger partial charge < -0.3 is 20.2 Å². The van der Waals surface area contributed by atoms with Gasteiger partial charge in [-0.05, 0) is 6.07 Å². The molecule has 0 unspecified atom stereocenters. The van der Waals surface area contributed by atoms with Crippen molar-refractivity contribution in [3.05, 3.63) is 24.0 Å². The van der Waals surface area contributed by atoms with Crippen LogP contribution in [0, 0.1) is 0 Å². The molecule has 0 spiro atoms. The van der Waals surface area contributed by atoms with Crippen molar-refractivity contribution in [3.63, 3.8) is 0 Å². The summed E-state index contributed by atoms with van der Waals surface area (Å²) < 4.78 is 10.1. The number of aromatic nitrogens is 1. The zero-order chi connectivity index (χ0) is 13.2. The molecule has 100 valence electrons. The summed E-state index contributed by atoms with van der Waals surface area (Å²) >= 11 is 0. The van der Waals surface area contributed by atoms with Crippen LogP contribution in [0.5, 0.6) is 0 Å². The molecule has 7 heteroatoms. The minimum absolute atomic E-state index is 0.222. The van der Waals surface area contributed by atoms with Crippen LogP contribution in [0.2, 0.25) is 0 Å². The van der Waals surface area contributed by atoms with Crippen molar-refractivity contribution in [2.24, 2.45) is 5.84 Å². The molecule has 1 amide bonds. The van der Waals surface area contributed by atoms with Gasteiger partial charge in [0.15, 0.2) is 0 Å². The zero-order valence-electron chi connectivity index (χ0n) is 10.3. The zero-order valence-corrected chi connectivity index (χ0v) is 10.3. The van der Waals surface area contributed by atoms with E-state index in [1.807, 2.05) is 0 Å². The normalized spacial score (nSPS) is 10.1. The van der Waals surface area contributed by atoms with E-state index >= 15 is 0 Å². The van der Waals surface area contributed by atoms with Crippen LogP contribution in [-0.4, -0.2) is 44.4 Å². The topological polar surface area (TPSA) is 98.5 Å². The number of hydrogen-bond acceptors (Lipinski definition) is 6. The average Bonchev–Trinajstić information content (AvgIpc) is 2.42. The van der Waals surface area contributed by atoms with E-state index < -0.39 is 0 Å². The van der Waals surface area contributed by atoms with Gasteiger partial charge in [-0.3, -0.25) is 15.6 Å². The highest BCUT2D eigenvalue weighted by atomic mass is 16.5. The molecule has 0 fully saturated rings. The van der Waals surface area contributed by atoms with Crippen LogP contribution in [0.4, 0.5) is 5.69 Å². The van der Waals surface area contributed by atoms with Crippen molar-refractivity contribution in [3.8, 4) is 0 Å². The molecular formula is C11H18N4O3. The summed E-state index contributed by atoms with van der Waals surface area (Å²) in [5.41, 5.74) is 3.35. The van der Waals surface area contributed by atoms with Gasteiger partial charge in [-0.15, -0.1) is 0 Å². The molecule has 0 aliphatic rings. The van der Waals surface area contributed by atoms with Crippen LogP contribution in [0.1, 0.15) is 10.4 Å². The molecule has 0 saturated heterocycles. The maximum atomic E-state index is 11.8. The molecule has 1 aromatic heterocycles. The van der Waals surface area contributed by atoms with Crippen LogP contribution >= 0.6 is 0 Å². The largest absolute Gasteiger partial charge is 0.382 e. The molecule has 0 aromatic carbocycles. The predicted molar refractivity (Wildman–Crippen MR) is 67.1 cm³/mol. The number of pyridine rings is 1. The predicted octanol–water partition coefficient (Wildman–Crippen LogP) is -0.240. The molecule has 0 aliphatic carbocycles. The molecule has 18 heavy (non-hydrogen) atoms. The monoisotopic (exact) mass is 254 g/mol. The van der Waals surface area contributed by atoms with Gasteiger partial charge in [0.1, 0.15) is 0 Å². The van der Waals surface area contributed by atoms with Crippen molar-refractivity contribution in [1.82, 2.24) is 10.3 Å². The second kappa shape index (κ2) is 8.40. The average molecular weight is 254 g/mol. The fourth-order valence-corrected chi connectivity index (χ4v) is 1.28. The standard InChI is InChI=1S/C11H18N4O3/c1-17-6-7-18-5-4-14-11(16)9-2-3-13-8-10(9)15-12/h2-3,8,15H,4-7,12H2,1H3,(H,14,16). The van der Waals surface area contributed by atoms with E-state index in [1.165, 1.54) is 12.4 Å². The molecule has 1 heterocycles. The smallest absolute Gasteiger partial charge is 0.253 e. The third-order valence-corrected chi connectivity index (χ3v) is 2.18. The lowest BCUT2D eigenvalue weighted by Gasteiger charge is -2.09. The molecule has 4 N–H and O–H groups in total. The summed E-state index contributed by atoms with van der Waals surface area (Å²) in [6.45, 7) is 1.91. The lowest BCUT2D eigenvalue weighted by atomic mass is 10.2. The second-order valence-corrected chi connectivity index (χ2v) is 3.43. The van der Waals surface area contributed by atoms with Gasteiger partial charge in [0, 0.05) is 19.9 Å². The van der Waals surface area contributed by atoms with Crippen LogP contribution in [-0.2, 0) is 9.47 Å². The second-order valence-electron chi connectivity index (χ2n) is 3.43. The summed E-state index contributed by atoms with van der Waals surface area (Å²) in [6, 6.07) is 1.59. The number of nitrogen functional groups attached to an aromatic ring is 1. The molecule has 0 atom stereocenters. The minimum Gasteiger partial charge on any atom is -0.382 e. The SMILES string of the molecule is COCCOCCNC(=O)c1ccncc1NN. The molecule has 0 saturated carbocycles.